The molecule has 2 aromatic rings. The van der Waals surface area contributed by atoms with Crippen LogP contribution in [0, 0.1) is 11.3 Å². The number of carbonyl (C=O) groups excluding carboxylic acids is 1. The van der Waals surface area contributed by atoms with Crippen LogP contribution in [0.15, 0.2) is 48.5 Å². The van der Waals surface area contributed by atoms with Crippen LogP contribution >= 0.6 is 0 Å². The minimum Gasteiger partial charge on any atom is -0.492 e. The molecule has 4 nitrogen and oxygen atoms in total. The number of hydrogen-bond donors (Lipinski definition) is 1. The number of anilines is 1. The van der Waals surface area contributed by atoms with E-state index in [4.69, 9.17) is 10.00 Å². The number of nitrogens with zero attached hydrogens (tertiary/aromatic N) is 1. The third-order valence-electron chi connectivity index (χ3n) is 2.97. The molecule has 0 spiro atoms. The molecule has 21 heavy (non-hydrogen) atoms. The second kappa shape index (κ2) is 7.11. The Morgan fingerprint density at radius 3 is 2.38 bits per heavy atom. The number of rotatable bonds is 6. The number of ether oxygens (including phenoxy) is 1. The maximum atomic E-state index is 11.2. The topological polar surface area (TPSA) is 62.1 Å². The molecule has 0 unspecified atom stereocenters. The molecule has 106 valence electrons. The van der Waals surface area contributed by atoms with Crippen LogP contribution in [0.5, 0.6) is 5.75 Å². The molecule has 0 aliphatic carbocycles. The van der Waals surface area contributed by atoms with Gasteiger partial charge in [-0.05, 0) is 55.5 Å². The standard InChI is InChI=1S/C17H16N2O2/c1-13(20)15-4-6-16(7-5-15)19-10-11-21-17-8-2-14(12-18)3-9-17/h2-9,19H,10-11H2,1H3. The molecule has 0 amide bonds. The van der Waals surface area contributed by atoms with Crippen molar-refractivity contribution in [3.8, 4) is 11.8 Å². The van der Waals surface area contributed by atoms with E-state index in [2.05, 4.69) is 11.4 Å². The first-order valence-electron chi connectivity index (χ1n) is 6.67. The number of nitriles is 1. The number of Topliss-reactive ketones (excluding diaryl/α,β-unsaturated/α-hetero) is 1. The van der Waals surface area contributed by atoms with Crippen LogP contribution in [-0.4, -0.2) is 18.9 Å². The Hall–Kier alpha value is -2.80. The molecule has 0 heterocycles. The second-order valence-electron chi connectivity index (χ2n) is 4.54. The number of ketones is 1. The summed E-state index contributed by atoms with van der Waals surface area (Å²) in [6.07, 6.45) is 0. The van der Waals surface area contributed by atoms with Gasteiger partial charge in [0, 0.05) is 17.8 Å². The summed E-state index contributed by atoms with van der Waals surface area (Å²) in [6, 6.07) is 16.4. The molecule has 0 aliphatic heterocycles. The van der Waals surface area contributed by atoms with Gasteiger partial charge in [-0.1, -0.05) is 0 Å². The zero-order valence-electron chi connectivity index (χ0n) is 11.8. The van der Waals surface area contributed by atoms with Gasteiger partial charge in [-0.2, -0.15) is 5.26 Å². The molecule has 0 aromatic heterocycles. The van der Waals surface area contributed by atoms with E-state index in [1.807, 2.05) is 12.1 Å². The van der Waals surface area contributed by atoms with Gasteiger partial charge >= 0.3 is 0 Å². The van der Waals surface area contributed by atoms with E-state index in [1.54, 1.807) is 43.3 Å². The molecule has 0 atom stereocenters. The minimum absolute atomic E-state index is 0.0608. The Morgan fingerprint density at radius 1 is 1.14 bits per heavy atom. The van der Waals surface area contributed by atoms with E-state index in [1.165, 1.54) is 0 Å². The number of benzene rings is 2. The quantitative estimate of drug-likeness (QED) is 0.651. The van der Waals surface area contributed by atoms with Gasteiger partial charge < -0.3 is 10.1 Å². The average molecular weight is 280 g/mol. The summed E-state index contributed by atoms with van der Waals surface area (Å²) in [5.74, 6) is 0.799. The van der Waals surface area contributed by atoms with Gasteiger partial charge in [0.2, 0.25) is 0 Å². The highest BCUT2D eigenvalue weighted by Crippen LogP contribution is 2.12. The first-order chi connectivity index (χ1) is 10.2. The van der Waals surface area contributed by atoms with Gasteiger partial charge in [0.25, 0.3) is 0 Å². The van der Waals surface area contributed by atoms with E-state index >= 15 is 0 Å². The Labute approximate surface area is 124 Å². The molecular formula is C17H16N2O2. The van der Waals surface area contributed by atoms with Gasteiger partial charge in [-0.15, -0.1) is 0 Å². The van der Waals surface area contributed by atoms with E-state index in [0.29, 0.717) is 24.3 Å². The van der Waals surface area contributed by atoms with Gasteiger partial charge in [-0.25, -0.2) is 0 Å². The lowest BCUT2D eigenvalue weighted by atomic mass is 10.1. The number of carbonyl (C=O) groups is 1. The normalized spacial score (nSPS) is 9.71. The smallest absolute Gasteiger partial charge is 0.159 e. The largest absolute Gasteiger partial charge is 0.492 e. The molecule has 0 saturated heterocycles. The third kappa shape index (κ3) is 4.36. The fourth-order valence-corrected chi connectivity index (χ4v) is 1.81. The van der Waals surface area contributed by atoms with Crippen molar-refractivity contribution in [2.45, 2.75) is 6.92 Å². The summed E-state index contributed by atoms with van der Waals surface area (Å²) in [7, 11) is 0. The van der Waals surface area contributed by atoms with Crippen molar-refractivity contribution in [3.05, 3.63) is 59.7 Å². The zero-order valence-corrected chi connectivity index (χ0v) is 11.8. The van der Waals surface area contributed by atoms with Crippen molar-refractivity contribution in [2.24, 2.45) is 0 Å². The van der Waals surface area contributed by atoms with Crippen molar-refractivity contribution in [2.75, 3.05) is 18.5 Å². The van der Waals surface area contributed by atoms with Gasteiger partial charge in [0.1, 0.15) is 12.4 Å². The third-order valence-corrected chi connectivity index (χ3v) is 2.97. The molecule has 0 radical (unpaired) electrons. The highest BCUT2D eigenvalue weighted by Gasteiger charge is 1.99. The van der Waals surface area contributed by atoms with Crippen molar-refractivity contribution >= 4 is 11.5 Å². The van der Waals surface area contributed by atoms with E-state index in [0.717, 1.165) is 11.4 Å². The molecule has 0 aliphatic rings. The van der Waals surface area contributed by atoms with Crippen LogP contribution in [0.4, 0.5) is 5.69 Å². The molecule has 4 heteroatoms. The highest BCUT2D eigenvalue weighted by atomic mass is 16.5. The average Bonchev–Trinajstić information content (AvgIpc) is 2.52. The van der Waals surface area contributed by atoms with Crippen LogP contribution in [0.1, 0.15) is 22.8 Å². The maximum absolute atomic E-state index is 11.2. The Morgan fingerprint density at radius 2 is 1.81 bits per heavy atom. The molecule has 0 fully saturated rings. The Kier molecular flexibility index (Phi) is 4.94. The second-order valence-corrected chi connectivity index (χ2v) is 4.54. The highest BCUT2D eigenvalue weighted by molar-refractivity contribution is 5.94. The molecule has 0 bridgehead atoms. The molecule has 2 rings (SSSR count). The van der Waals surface area contributed by atoms with Crippen LogP contribution in [0.3, 0.4) is 0 Å². The fraction of sp³-hybridized carbons (Fsp3) is 0.176. The molecular weight excluding hydrogens is 264 g/mol. The maximum Gasteiger partial charge on any atom is 0.159 e. The summed E-state index contributed by atoms with van der Waals surface area (Å²) in [5.41, 5.74) is 2.27. The Balaban J connectivity index is 1.76. The van der Waals surface area contributed by atoms with E-state index in [-0.39, 0.29) is 5.78 Å². The van der Waals surface area contributed by atoms with E-state index < -0.39 is 0 Å². The zero-order chi connectivity index (χ0) is 15.1. The van der Waals surface area contributed by atoms with Crippen molar-refractivity contribution in [3.63, 3.8) is 0 Å². The molecule has 0 saturated carbocycles. The summed E-state index contributed by atoms with van der Waals surface area (Å²) >= 11 is 0. The molecule has 1 N–H and O–H groups in total. The minimum atomic E-state index is 0.0608. The summed E-state index contributed by atoms with van der Waals surface area (Å²) in [6.45, 7) is 2.72. The van der Waals surface area contributed by atoms with Crippen LogP contribution in [0.25, 0.3) is 0 Å². The SMILES string of the molecule is CC(=O)c1ccc(NCCOc2ccc(C#N)cc2)cc1. The van der Waals surface area contributed by atoms with Crippen molar-refractivity contribution in [1.82, 2.24) is 0 Å². The van der Waals surface area contributed by atoms with Gasteiger partial charge in [0.15, 0.2) is 5.78 Å². The van der Waals surface area contributed by atoms with E-state index in [9.17, 15) is 4.79 Å². The predicted octanol–water partition coefficient (Wildman–Crippen LogP) is 3.25. The summed E-state index contributed by atoms with van der Waals surface area (Å²) in [5, 5.41) is 11.9. The van der Waals surface area contributed by atoms with Crippen LogP contribution < -0.4 is 10.1 Å². The van der Waals surface area contributed by atoms with Crippen LogP contribution in [0.2, 0.25) is 0 Å². The number of hydrogen-bond acceptors (Lipinski definition) is 4. The summed E-state index contributed by atoms with van der Waals surface area (Å²) in [4.78, 5) is 11.2. The number of nitrogens with one attached hydrogen (secondary N) is 1. The monoisotopic (exact) mass is 280 g/mol. The fourth-order valence-electron chi connectivity index (χ4n) is 1.81. The molecule has 2 aromatic carbocycles. The lowest BCUT2D eigenvalue weighted by Gasteiger charge is -2.09. The van der Waals surface area contributed by atoms with Crippen molar-refractivity contribution < 1.29 is 9.53 Å². The van der Waals surface area contributed by atoms with Crippen LogP contribution in [-0.2, 0) is 0 Å². The predicted molar refractivity (Wildman–Crippen MR) is 81.6 cm³/mol. The Bertz CT molecular complexity index is 640. The van der Waals surface area contributed by atoms with Crippen molar-refractivity contribution in [1.29, 1.82) is 5.26 Å². The lowest BCUT2D eigenvalue weighted by molar-refractivity contribution is 0.101. The first kappa shape index (κ1) is 14.6. The lowest BCUT2D eigenvalue weighted by Crippen LogP contribution is -2.11. The van der Waals surface area contributed by atoms with Gasteiger partial charge in [-0.3, -0.25) is 4.79 Å². The summed E-state index contributed by atoms with van der Waals surface area (Å²) < 4.78 is 5.56. The first-order valence-corrected chi connectivity index (χ1v) is 6.67. The van der Waals surface area contributed by atoms with Gasteiger partial charge in [0.05, 0.1) is 11.6 Å².